The highest BCUT2D eigenvalue weighted by Crippen LogP contribution is 2.15. The highest BCUT2D eigenvalue weighted by atomic mass is 32.1. The van der Waals surface area contributed by atoms with Gasteiger partial charge < -0.3 is 4.90 Å². The fourth-order valence-electron chi connectivity index (χ4n) is 1.52. The molecule has 2 nitrogen and oxygen atoms in total. The Bertz CT molecular complexity index is 163. The minimum atomic E-state index is 0.727. The maximum Gasteiger partial charge on any atom is 0.0585 e. The summed E-state index contributed by atoms with van der Waals surface area (Å²) in [6.45, 7) is 6.66. The third kappa shape index (κ3) is 2.70. The number of hydrogen-bond acceptors (Lipinski definition) is 3. The van der Waals surface area contributed by atoms with Crippen molar-refractivity contribution < 1.29 is 0 Å². The van der Waals surface area contributed by atoms with Gasteiger partial charge in [0.1, 0.15) is 0 Å². The Morgan fingerprint density at radius 3 is 3.09 bits per heavy atom. The summed E-state index contributed by atoms with van der Waals surface area (Å²) >= 11 is 4.51. The summed E-state index contributed by atoms with van der Waals surface area (Å²) in [5.74, 6) is 0.727. The van der Waals surface area contributed by atoms with Gasteiger partial charge in [-0.1, -0.05) is 6.92 Å². The van der Waals surface area contributed by atoms with E-state index >= 15 is 0 Å². The molecule has 3 heteroatoms. The molecule has 1 unspecified atom stereocenters. The molecule has 0 aromatic heterocycles. The Hall–Kier alpha value is -0.240. The van der Waals surface area contributed by atoms with Crippen LogP contribution in [0.1, 0.15) is 13.3 Å². The maximum absolute atomic E-state index is 4.51. The molecule has 1 saturated heterocycles. The lowest BCUT2D eigenvalue weighted by atomic mass is 10.1. The Balaban J connectivity index is 2.24. The summed E-state index contributed by atoms with van der Waals surface area (Å²) in [5.41, 5.74) is 0. The Morgan fingerprint density at radius 2 is 2.55 bits per heavy atom. The normalized spacial score (nSPS) is 25.0. The Morgan fingerprint density at radius 1 is 1.73 bits per heavy atom. The summed E-state index contributed by atoms with van der Waals surface area (Å²) in [7, 11) is 0. The molecule has 0 aliphatic carbocycles. The molecule has 0 radical (unpaired) electrons. The zero-order chi connectivity index (χ0) is 8.10. The van der Waals surface area contributed by atoms with Crippen molar-refractivity contribution in [3.05, 3.63) is 0 Å². The van der Waals surface area contributed by atoms with Crippen molar-refractivity contribution in [2.45, 2.75) is 13.3 Å². The lowest BCUT2D eigenvalue weighted by Gasteiger charge is -2.10. The second-order valence-electron chi connectivity index (χ2n) is 2.98. The number of nitrogens with zero attached hydrogens (tertiary/aromatic N) is 2. The van der Waals surface area contributed by atoms with E-state index in [4.69, 9.17) is 0 Å². The maximum atomic E-state index is 4.51. The summed E-state index contributed by atoms with van der Waals surface area (Å²) in [5, 5.41) is 2.42. The van der Waals surface area contributed by atoms with Gasteiger partial charge in [-0.05, 0) is 37.6 Å². The summed E-state index contributed by atoms with van der Waals surface area (Å²) in [6.07, 6.45) is 1.27. The molecule has 0 spiro atoms. The van der Waals surface area contributed by atoms with Crippen LogP contribution in [0, 0.1) is 5.92 Å². The third-order valence-electron chi connectivity index (χ3n) is 2.23. The number of hydrogen-bond donors (Lipinski definition) is 0. The molecule has 1 atom stereocenters. The first-order valence-corrected chi connectivity index (χ1v) is 4.53. The number of rotatable bonds is 3. The van der Waals surface area contributed by atoms with Crippen molar-refractivity contribution in [2.24, 2.45) is 10.9 Å². The van der Waals surface area contributed by atoms with Gasteiger partial charge in [-0.15, -0.1) is 0 Å². The molecular formula is C8H14N2S. The van der Waals surface area contributed by atoms with Crippen LogP contribution in [0.3, 0.4) is 0 Å². The quantitative estimate of drug-likeness (QED) is 0.470. The van der Waals surface area contributed by atoms with E-state index in [0.717, 1.165) is 19.0 Å². The van der Waals surface area contributed by atoms with Crippen LogP contribution in [0.15, 0.2) is 4.99 Å². The van der Waals surface area contributed by atoms with Crippen LogP contribution < -0.4 is 0 Å². The fourth-order valence-corrected chi connectivity index (χ4v) is 1.59. The molecule has 11 heavy (non-hydrogen) atoms. The molecule has 1 aliphatic rings. The molecule has 1 heterocycles. The largest absolute Gasteiger partial charge is 0.303 e. The van der Waals surface area contributed by atoms with Crippen molar-refractivity contribution in [2.75, 3.05) is 26.2 Å². The number of thiocarbonyl (C=S) groups is 1. The van der Waals surface area contributed by atoms with Crippen LogP contribution >= 0.6 is 12.2 Å². The number of aliphatic imine (C=N–C) groups is 1. The number of likely N-dealkylation sites (tertiary alicyclic amines) is 1. The van der Waals surface area contributed by atoms with Crippen molar-refractivity contribution in [3.63, 3.8) is 0 Å². The van der Waals surface area contributed by atoms with E-state index < -0.39 is 0 Å². The second-order valence-corrected chi connectivity index (χ2v) is 3.16. The highest BCUT2D eigenvalue weighted by molar-refractivity contribution is 7.78. The summed E-state index contributed by atoms with van der Waals surface area (Å²) < 4.78 is 0. The van der Waals surface area contributed by atoms with Gasteiger partial charge in [-0.2, -0.15) is 0 Å². The molecule has 0 saturated carbocycles. The van der Waals surface area contributed by atoms with Crippen LogP contribution in [-0.4, -0.2) is 36.2 Å². The lowest BCUT2D eigenvalue weighted by Crippen LogP contribution is -2.20. The average molecular weight is 170 g/mol. The van der Waals surface area contributed by atoms with Crippen LogP contribution in [0.25, 0.3) is 0 Å². The minimum Gasteiger partial charge on any atom is -0.303 e. The predicted molar refractivity (Wildman–Crippen MR) is 50.1 cm³/mol. The van der Waals surface area contributed by atoms with Crippen LogP contribution in [0.4, 0.5) is 0 Å². The van der Waals surface area contributed by atoms with E-state index in [1.165, 1.54) is 19.5 Å². The van der Waals surface area contributed by atoms with Crippen LogP contribution in [-0.2, 0) is 0 Å². The summed E-state index contributed by atoms with van der Waals surface area (Å²) in [6, 6.07) is 0. The molecule has 0 amide bonds. The van der Waals surface area contributed by atoms with E-state index in [1.807, 2.05) is 0 Å². The average Bonchev–Trinajstić information content (AvgIpc) is 2.48. The van der Waals surface area contributed by atoms with Gasteiger partial charge >= 0.3 is 0 Å². The standard InChI is InChI=1S/C8H14N2S/c1-2-10-4-3-8(6-10)5-9-7-11/h8H,2-6H2,1H3. The van der Waals surface area contributed by atoms with Crippen LogP contribution in [0.2, 0.25) is 0 Å². The van der Waals surface area contributed by atoms with E-state index in [2.05, 4.69) is 34.2 Å². The first-order valence-electron chi connectivity index (χ1n) is 4.12. The van der Waals surface area contributed by atoms with E-state index in [0.29, 0.717) is 0 Å². The Kier molecular flexibility index (Phi) is 3.70. The van der Waals surface area contributed by atoms with Crippen LogP contribution in [0.5, 0.6) is 0 Å². The van der Waals surface area contributed by atoms with Crippen molar-refractivity contribution in [1.82, 2.24) is 4.90 Å². The zero-order valence-electron chi connectivity index (χ0n) is 6.92. The topological polar surface area (TPSA) is 15.6 Å². The molecule has 1 rings (SSSR count). The SMILES string of the molecule is CCN1CCC(CN=C=S)C1. The third-order valence-corrected chi connectivity index (χ3v) is 2.36. The van der Waals surface area contributed by atoms with Crippen molar-refractivity contribution in [1.29, 1.82) is 0 Å². The highest BCUT2D eigenvalue weighted by Gasteiger charge is 2.19. The van der Waals surface area contributed by atoms with Gasteiger partial charge in [0, 0.05) is 6.54 Å². The minimum absolute atomic E-state index is 0.727. The van der Waals surface area contributed by atoms with Gasteiger partial charge in [-0.3, -0.25) is 0 Å². The smallest absolute Gasteiger partial charge is 0.0585 e. The van der Waals surface area contributed by atoms with Gasteiger partial charge in [0.25, 0.3) is 0 Å². The molecule has 0 aromatic carbocycles. The molecule has 0 N–H and O–H groups in total. The second kappa shape index (κ2) is 4.60. The fraction of sp³-hybridized carbons (Fsp3) is 0.875. The zero-order valence-corrected chi connectivity index (χ0v) is 7.73. The van der Waals surface area contributed by atoms with E-state index in [9.17, 15) is 0 Å². The lowest BCUT2D eigenvalue weighted by molar-refractivity contribution is 0.344. The summed E-state index contributed by atoms with van der Waals surface area (Å²) in [4.78, 5) is 6.41. The first kappa shape index (κ1) is 8.85. The number of isothiocyanates is 1. The predicted octanol–water partition coefficient (Wildman–Crippen LogP) is 1.43. The molecule has 1 aliphatic heterocycles. The molecule has 62 valence electrons. The molecule has 0 aromatic rings. The van der Waals surface area contributed by atoms with Gasteiger partial charge in [0.2, 0.25) is 0 Å². The monoisotopic (exact) mass is 170 g/mol. The molecule has 0 bridgehead atoms. The van der Waals surface area contributed by atoms with Gasteiger partial charge in [-0.25, -0.2) is 4.99 Å². The molecule has 1 fully saturated rings. The Labute approximate surface area is 73.3 Å². The van der Waals surface area contributed by atoms with E-state index in [-0.39, 0.29) is 0 Å². The van der Waals surface area contributed by atoms with Gasteiger partial charge in [0.15, 0.2) is 0 Å². The van der Waals surface area contributed by atoms with Crippen molar-refractivity contribution in [3.8, 4) is 0 Å². The molecular weight excluding hydrogens is 156 g/mol. The first-order chi connectivity index (χ1) is 5.36. The van der Waals surface area contributed by atoms with Gasteiger partial charge in [0.05, 0.1) is 11.7 Å². The van der Waals surface area contributed by atoms with E-state index in [1.54, 1.807) is 0 Å². The van der Waals surface area contributed by atoms with Crippen molar-refractivity contribution >= 4 is 17.4 Å².